The molecule has 0 unspecified atom stereocenters. The molecule has 0 atom stereocenters. The molecule has 0 saturated carbocycles. The van der Waals surface area contributed by atoms with E-state index in [1.807, 2.05) is 67.0 Å². The fourth-order valence-electron chi connectivity index (χ4n) is 4.03. The van der Waals surface area contributed by atoms with E-state index in [1.165, 1.54) is 5.56 Å². The summed E-state index contributed by atoms with van der Waals surface area (Å²) < 4.78 is 6.02. The highest BCUT2D eigenvalue weighted by molar-refractivity contribution is 6.04. The molecule has 0 spiro atoms. The monoisotopic (exact) mass is 448 g/mol. The highest BCUT2D eigenvalue weighted by atomic mass is 16.5. The van der Waals surface area contributed by atoms with E-state index in [9.17, 15) is 4.79 Å². The second-order valence-electron chi connectivity index (χ2n) is 8.20. The normalized spacial score (nSPS) is 10.6. The van der Waals surface area contributed by atoms with Gasteiger partial charge in [-0.2, -0.15) is 0 Å². The van der Waals surface area contributed by atoms with Gasteiger partial charge < -0.3 is 10.1 Å². The van der Waals surface area contributed by atoms with Gasteiger partial charge in [-0.05, 0) is 72.2 Å². The van der Waals surface area contributed by atoms with Gasteiger partial charge in [0.05, 0.1) is 0 Å². The lowest BCUT2D eigenvalue weighted by molar-refractivity contribution is 0.102. The Kier molecular flexibility index (Phi) is 7.19. The topological polar surface area (TPSA) is 51.2 Å². The summed E-state index contributed by atoms with van der Waals surface area (Å²) in [6, 6.07) is 19.3. The molecular weight excluding hydrogens is 420 g/mol. The standard InChI is InChI=1S/C30H28N2O2/c1-4-9-22-15-27(16-23(10-5-2)21(22)3)32-30(33)24-12-8-13-28(17-24)34-20-26-19-31-18-25-11-6-7-14-29(25)26/h4-8,11-19H,1-2,9-10,20H2,3H3,(H,32,33). The summed E-state index contributed by atoms with van der Waals surface area (Å²) in [6.45, 7) is 10.2. The number of allylic oxidation sites excluding steroid dienone is 2. The van der Waals surface area contributed by atoms with Gasteiger partial charge in [0.1, 0.15) is 12.4 Å². The number of carbonyl (C=O) groups is 1. The third kappa shape index (κ3) is 5.24. The van der Waals surface area contributed by atoms with Gasteiger partial charge in [0, 0.05) is 34.6 Å². The molecule has 0 saturated heterocycles. The van der Waals surface area contributed by atoms with Crippen LogP contribution in [0.1, 0.15) is 32.6 Å². The molecule has 1 amide bonds. The number of hydrogen-bond donors (Lipinski definition) is 1. The van der Waals surface area contributed by atoms with E-state index >= 15 is 0 Å². The Labute approximate surface area is 200 Å². The molecule has 34 heavy (non-hydrogen) atoms. The molecule has 3 aromatic carbocycles. The fourth-order valence-corrected chi connectivity index (χ4v) is 4.03. The molecule has 0 radical (unpaired) electrons. The van der Waals surface area contributed by atoms with Crippen molar-refractivity contribution >= 4 is 22.4 Å². The van der Waals surface area contributed by atoms with Crippen LogP contribution in [0.2, 0.25) is 0 Å². The van der Waals surface area contributed by atoms with Crippen molar-refractivity contribution in [2.24, 2.45) is 0 Å². The number of carbonyl (C=O) groups excluding carboxylic acids is 1. The molecule has 0 bridgehead atoms. The van der Waals surface area contributed by atoms with Crippen molar-refractivity contribution in [2.45, 2.75) is 26.4 Å². The number of rotatable bonds is 9. The number of nitrogens with one attached hydrogen (secondary N) is 1. The molecule has 170 valence electrons. The molecule has 1 aromatic heterocycles. The third-order valence-corrected chi connectivity index (χ3v) is 5.85. The van der Waals surface area contributed by atoms with Crippen molar-refractivity contribution in [3.05, 3.63) is 126 Å². The number of ether oxygens (including phenoxy) is 1. The molecule has 1 heterocycles. The maximum Gasteiger partial charge on any atom is 0.255 e. The average molecular weight is 449 g/mol. The van der Waals surface area contributed by atoms with Crippen LogP contribution in [0.3, 0.4) is 0 Å². The Balaban J connectivity index is 1.51. The Bertz CT molecular complexity index is 1320. The van der Waals surface area contributed by atoms with E-state index in [0.29, 0.717) is 17.9 Å². The van der Waals surface area contributed by atoms with Gasteiger partial charge in [0.15, 0.2) is 0 Å². The van der Waals surface area contributed by atoms with E-state index in [4.69, 9.17) is 4.74 Å². The lowest BCUT2D eigenvalue weighted by atomic mass is 9.96. The molecule has 4 nitrogen and oxygen atoms in total. The molecule has 0 fully saturated rings. The van der Waals surface area contributed by atoms with E-state index in [0.717, 1.165) is 46.0 Å². The fraction of sp³-hybridized carbons (Fsp3) is 0.133. The maximum absolute atomic E-state index is 13.0. The van der Waals surface area contributed by atoms with Crippen molar-refractivity contribution in [3.63, 3.8) is 0 Å². The summed E-state index contributed by atoms with van der Waals surface area (Å²) in [5.41, 5.74) is 5.78. The first kappa shape index (κ1) is 23.0. The first-order valence-corrected chi connectivity index (χ1v) is 11.3. The molecule has 0 aliphatic heterocycles. The summed E-state index contributed by atoms with van der Waals surface area (Å²) in [6.07, 6.45) is 8.89. The van der Waals surface area contributed by atoms with E-state index in [-0.39, 0.29) is 5.91 Å². The average Bonchev–Trinajstić information content (AvgIpc) is 2.86. The molecule has 4 aromatic rings. The number of hydrogen-bond acceptors (Lipinski definition) is 3. The van der Waals surface area contributed by atoms with Crippen LogP contribution in [0, 0.1) is 6.92 Å². The Morgan fingerprint density at radius 2 is 1.68 bits per heavy atom. The summed E-state index contributed by atoms with van der Waals surface area (Å²) in [5.74, 6) is 0.444. The van der Waals surface area contributed by atoms with Crippen molar-refractivity contribution < 1.29 is 9.53 Å². The third-order valence-electron chi connectivity index (χ3n) is 5.85. The SMILES string of the molecule is C=CCc1cc(NC(=O)c2cccc(OCc3cncc4ccccc34)c2)cc(CC=C)c1C. The predicted octanol–water partition coefficient (Wildman–Crippen LogP) is 6.83. The summed E-state index contributed by atoms with van der Waals surface area (Å²) >= 11 is 0. The first-order chi connectivity index (χ1) is 16.6. The minimum absolute atomic E-state index is 0.185. The van der Waals surface area contributed by atoms with Crippen molar-refractivity contribution in [3.8, 4) is 5.75 Å². The number of pyridine rings is 1. The molecule has 4 rings (SSSR count). The van der Waals surface area contributed by atoms with Crippen LogP contribution in [-0.4, -0.2) is 10.9 Å². The first-order valence-electron chi connectivity index (χ1n) is 11.3. The molecule has 1 N–H and O–H groups in total. The molecule has 4 heteroatoms. The Morgan fingerprint density at radius 3 is 2.41 bits per heavy atom. The van der Waals surface area contributed by atoms with Gasteiger partial charge in [-0.3, -0.25) is 9.78 Å². The lowest BCUT2D eigenvalue weighted by Crippen LogP contribution is -2.13. The van der Waals surface area contributed by atoms with E-state index in [1.54, 1.807) is 12.1 Å². The van der Waals surface area contributed by atoms with Crippen LogP contribution in [0.15, 0.2) is 98.4 Å². The molecule has 0 aliphatic carbocycles. The zero-order chi connectivity index (χ0) is 23.9. The highest BCUT2D eigenvalue weighted by Crippen LogP contribution is 2.24. The Morgan fingerprint density at radius 1 is 0.941 bits per heavy atom. The number of nitrogens with zero attached hydrogens (tertiary/aromatic N) is 1. The molecular formula is C30H28N2O2. The van der Waals surface area contributed by atoms with Gasteiger partial charge >= 0.3 is 0 Å². The summed E-state index contributed by atoms with van der Waals surface area (Å²) in [7, 11) is 0. The largest absolute Gasteiger partial charge is 0.489 e. The van der Waals surface area contributed by atoms with Crippen LogP contribution in [0.25, 0.3) is 10.8 Å². The second-order valence-corrected chi connectivity index (χ2v) is 8.20. The van der Waals surface area contributed by atoms with Crippen LogP contribution in [0.4, 0.5) is 5.69 Å². The number of fused-ring (bicyclic) bond motifs is 1. The minimum atomic E-state index is -0.185. The number of aromatic nitrogens is 1. The maximum atomic E-state index is 13.0. The minimum Gasteiger partial charge on any atom is -0.489 e. The van der Waals surface area contributed by atoms with Gasteiger partial charge in [-0.25, -0.2) is 0 Å². The summed E-state index contributed by atoms with van der Waals surface area (Å²) in [5, 5.41) is 5.21. The van der Waals surface area contributed by atoms with Crippen LogP contribution < -0.4 is 10.1 Å². The Hall–Kier alpha value is -4.18. The molecule has 0 aliphatic rings. The van der Waals surface area contributed by atoms with E-state index < -0.39 is 0 Å². The van der Waals surface area contributed by atoms with Crippen LogP contribution >= 0.6 is 0 Å². The highest BCUT2D eigenvalue weighted by Gasteiger charge is 2.11. The van der Waals surface area contributed by atoms with Gasteiger partial charge in [0.25, 0.3) is 5.91 Å². The lowest BCUT2D eigenvalue weighted by Gasteiger charge is -2.14. The number of anilines is 1. The smallest absolute Gasteiger partial charge is 0.255 e. The second kappa shape index (κ2) is 10.6. The van der Waals surface area contributed by atoms with Gasteiger partial charge in [0.2, 0.25) is 0 Å². The number of benzene rings is 3. The van der Waals surface area contributed by atoms with E-state index in [2.05, 4.69) is 36.4 Å². The summed E-state index contributed by atoms with van der Waals surface area (Å²) in [4.78, 5) is 17.3. The van der Waals surface area contributed by atoms with Gasteiger partial charge in [-0.15, -0.1) is 13.2 Å². The number of amides is 1. The zero-order valence-electron chi connectivity index (χ0n) is 19.4. The van der Waals surface area contributed by atoms with Crippen molar-refractivity contribution in [2.75, 3.05) is 5.32 Å². The van der Waals surface area contributed by atoms with Crippen LogP contribution in [-0.2, 0) is 19.4 Å². The van der Waals surface area contributed by atoms with Gasteiger partial charge in [-0.1, -0.05) is 42.5 Å². The predicted molar refractivity (Wildman–Crippen MR) is 139 cm³/mol. The zero-order valence-corrected chi connectivity index (χ0v) is 19.4. The van der Waals surface area contributed by atoms with Crippen molar-refractivity contribution in [1.82, 2.24) is 4.98 Å². The quantitative estimate of drug-likeness (QED) is 0.286. The van der Waals surface area contributed by atoms with Crippen LogP contribution in [0.5, 0.6) is 5.75 Å². The van der Waals surface area contributed by atoms with Crippen molar-refractivity contribution in [1.29, 1.82) is 0 Å².